The van der Waals surface area contributed by atoms with E-state index in [4.69, 9.17) is 5.73 Å². The first-order chi connectivity index (χ1) is 16.7. The molecule has 0 aliphatic rings. The summed E-state index contributed by atoms with van der Waals surface area (Å²) in [6, 6.07) is 20.0. The summed E-state index contributed by atoms with van der Waals surface area (Å²) in [6.45, 7) is -0.0850. The van der Waals surface area contributed by atoms with Crippen LogP contribution in [0.1, 0.15) is 22.9 Å². The number of sulfone groups is 1. The van der Waals surface area contributed by atoms with Gasteiger partial charge in [0.2, 0.25) is 0 Å². The highest BCUT2D eigenvalue weighted by Gasteiger charge is 2.21. The number of hydrogen-bond donors (Lipinski definition) is 1. The van der Waals surface area contributed by atoms with Crippen LogP contribution in [0, 0.1) is 5.82 Å². The molecule has 4 aromatic rings. The van der Waals surface area contributed by atoms with Crippen molar-refractivity contribution >= 4 is 9.84 Å². The number of rotatable bonds is 7. The molecule has 0 spiro atoms. The molecule has 10 heteroatoms. The van der Waals surface area contributed by atoms with Crippen LogP contribution in [0.3, 0.4) is 0 Å². The molecule has 1 heterocycles. The summed E-state index contributed by atoms with van der Waals surface area (Å²) in [5, 5.41) is 4.25. The fourth-order valence-corrected chi connectivity index (χ4v) is 4.76. The second-order valence-corrected chi connectivity index (χ2v) is 10.1. The Bertz CT molecular complexity index is 1600. The third-order valence-corrected chi connectivity index (χ3v) is 6.72. The largest absolute Gasteiger partial charge is 0.352 e. The molecule has 4 rings (SSSR count). The maximum absolute atomic E-state index is 14.6. The first-order valence-corrected chi connectivity index (χ1v) is 12.6. The molecule has 0 bridgehead atoms. The van der Waals surface area contributed by atoms with Gasteiger partial charge in [-0.25, -0.2) is 26.9 Å². The smallest absolute Gasteiger partial charge is 0.322 e. The topological polar surface area (TPSA) is 117 Å². The zero-order valence-electron chi connectivity index (χ0n) is 18.8. The minimum absolute atomic E-state index is 0.0392. The van der Waals surface area contributed by atoms with Crippen molar-refractivity contribution in [3.63, 3.8) is 0 Å². The Morgan fingerprint density at radius 3 is 2.26 bits per heavy atom. The first-order valence-electron chi connectivity index (χ1n) is 10.7. The van der Waals surface area contributed by atoms with Crippen LogP contribution in [-0.4, -0.2) is 29.0 Å². The lowest BCUT2D eigenvalue weighted by Crippen LogP contribution is -2.44. The lowest BCUT2D eigenvalue weighted by Gasteiger charge is -2.17. The molecule has 0 radical (unpaired) electrons. The molecular formula is C25H23FN4O4S. The lowest BCUT2D eigenvalue weighted by atomic mass is 10.1. The molecule has 0 fully saturated rings. The standard InChI is InChI=1S/C25H23FN4O4S/c1-35(33,34)23-14-8-5-11-18(23)15-21-24(31)30(22-13-7-6-12-19(22)26)25(32)29(28-21)16-20(27)17-9-3-2-4-10-17/h2-14,20H,15-16,27H2,1H3. The summed E-state index contributed by atoms with van der Waals surface area (Å²) in [4.78, 5) is 26.7. The molecule has 0 aliphatic carbocycles. The van der Waals surface area contributed by atoms with Gasteiger partial charge in [0.15, 0.2) is 9.84 Å². The van der Waals surface area contributed by atoms with Gasteiger partial charge in [0, 0.05) is 18.7 Å². The Hall–Kier alpha value is -3.89. The predicted octanol–water partition coefficient (Wildman–Crippen LogP) is 2.23. The van der Waals surface area contributed by atoms with Gasteiger partial charge >= 0.3 is 5.69 Å². The highest BCUT2D eigenvalue weighted by Crippen LogP contribution is 2.18. The molecule has 0 saturated carbocycles. The Balaban J connectivity index is 1.90. The molecule has 0 aliphatic heterocycles. The minimum atomic E-state index is -3.59. The van der Waals surface area contributed by atoms with E-state index >= 15 is 0 Å². The number of nitrogens with zero attached hydrogens (tertiary/aromatic N) is 3. The van der Waals surface area contributed by atoms with E-state index in [-0.39, 0.29) is 29.2 Å². The molecule has 1 atom stereocenters. The second-order valence-electron chi connectivity index (χ2n) is 8.08. The van der Waals surface area contributed by atoms with Crippen molar-refractivity contribution in [1.29, 1.82) is 0 Å². The van der Waals surface area contributed by atoms with Crippen molar-refractivity contribution in [3.05, 3.63) is 122 Å². The molecule has 180 valence electrons. The van der Waals surface area contributed by atoms with E-state index in [1.165, 1.54) is 24.3 Å². The first kappa shape index (κ1) is 24.2. The van der Waals surface area contributed by atoms with Gasteiger partial charge in [-0.1, -0.05) is 60.7 Å². The van der Waals surface area contributed by atoms with Crippen LogP contribution in [0.15, 0.2) is 93.3 Å². The Morgan fingerprint density at radius 1 is 0.943 bits per heavy atom. The van der Waals surface area contributed by atoms with Crippen LogP contribution in [0.4, 0.5) is 4.39 Å². The van der Waals surface area contributed by atoms with Crippen LogP contribution in [0.25, 0.3) is 5.69 Å². The highest BCUT2D eigenvalue weighted by molar-refractivity contribution is 7.90. The van der Waals surface area contributed by atoms with Crippen molar-refractivity contribution in [3.8, 4) is 5.69 Å². The van der Waals surface area contributed by atoms with Gasteiger partial charge < -0.3 is 5.73 Å². The van der Waals surface area contributed by atoms with Crippen molar-refractivity contribution in [2.24, 2.45) is 5.73 Å². The maximum Gasteiger partial charge on any atom is 0.352 e. The fourth-order valence-electron chi connectivity index (χ4n) is 3.82. The summed E-state index contributed by atoms with van der Waals surface area (Å²) in [5.74, 6) is -0.765. The number of halogens is 1. The fraction of sp³-hybridized carbons (Fsp3) is 0.160. The van der Waals surface area contributed by atoms with E-state index in [2.05, 4.69) is 5.10 Å². The average Bonchev–Trinajstić information content (AvgIpc) is 2.83. The van der Waals surface area contributed by atoms with Gasteiger partial charge in [0.05, 0.1) is 17.1 Å². The van der Waals surface area contributed by atoms with E-state index in [0.29, 0.717) is 10.1 Å². The van der Waals surface area contributed by atoms with Gasteiger partial charge in [0.1, 0.15) is 11.5 Å². The van der Waals surface area contributed by atoms with Crippen molar-refractivity contribution in [2.75, 3.05) is 6.26 Å². The van der Waals surface area contributed by atoms with Gasteiger partial charge in [0.25, 0.3) is 5.56 Å². The van der Waals surface area contributed by atoms with Crippen molar-refractivity contribution in [2.45, 2.75) is 23.9 Å². The summed E-state index contributed by atoms with van der Waals surface area (Å²) in [5.41, 5.74) is 5.32. The predicted molar refractivity (Wildman–Crippen MR) is 130 cm³/mol. The Morgan fingerprint density at radius 2 is 1.57 bits per heavy atom. The summed E-state index contributed by atoms with van der Waals surface area (Å²) >= 11 is 0. The van der Waals surface area contributed by atoms with Gasteiger partial charge in [-0.15, -0.1) is 0 Å². The molecule has 3 aromatic carbocycles. The second kappa shape index (κ2) is 9.77. The zero-order chi connectivity index (χ0) is 25.2. The average molecular weight is 495 g/mol. The Kier molecular flexibility index (Phi) is 6.77. The van der Waals surface area contributed by atoms with Crippen LogP contribution in [0.5, 0.6) is 0 Å². The maximum atomic E-state index is 14.6. The normalized spacial score (nSPS) is 12.4. The summed E-state index contributed by atoms with van der Waals surface area (Å²) < 4.78 is 40.9. The SMILES string of the molecule is CS(=O)(=O)c1ccccc1Cc1nn(CC(N)c2ccccc2)c(=O)n(-c2ccccc2F)c1=O. The number of benzene rings is 3. The quantitative estimate of drug-likeness (QED) is 0.421. The monoisotopic (exact) mass is 494 g/mol. The third kappa shape index (κ3) is 5.13. The van der Waals surface area contributed by atoms with Gasteiger partial charge in [-0.05, 0) is 29.3 Å². The van der Waals surface area contributed by atoms with E-state index in [1.807, 2.05) is 6.07 Å². The van der Waals surface area contributed by atoms with E-state index in [1.54, 1.807) is 42.5 Å². The third-order valence-electron chi connectivity index (χ3n) is 5.52. The van der Waals surface area contributed by atoms with E-state index in [0.717, 1.165) is 22.6 Å². The molecule has 35 heavy (non-hydrogen) atoms. The van der Waals surface area contributed by atoms with E-state index in [9.17, 15) is 22.4 Å². The number of para-hydroxylation sites is 1. The molecule has 0 amide bonds. The van der Waals surface area contributed by atoms with E-state index < -0.39 is 32.9 Å². The highest BCUT2D eigenvalue weighted by atomic mass is 32.2. The van der Waals surface area contributed by atoms with Crippen LogP contribution < -0.4 is 17.0 Å². The van der Waals surface area contributed by atoms with Crippen LogP contribution in [-0.2, 0) is 22.8 Å². The van der Waals surface area contributed by atoms with Crippen molar-refractivity contribution < 1.29 is 12.8 Å². The van der Waals surface area contributed by atoms with Gasteiger partial charge in [-0.3, -0.25) is 4.79 Å². The number of nitrogens with two attached hydrogens (primary N) is 1. The van der Waals surface area contributed by atoms with Crippen LogP contribution >= 0.6 is 0 Å². The summed E-state index contributed by atoms with van der Waals surface area (Å²) in [6.07, 6.45) is 0.883. The van der Waals surface area contributed by atoms with Crippen LogP contribution in [0.2, 0.25) is 0 Å². The minimum Gasteiger partial charge on any atom is -0.322 e. The molecule has 8 nitrogen and oxygen atoms in total. The molecule has 1 unspecified atom stereocenters. The molecule has 0 saturated heterocycles. The lowest BCUT2D eigenvalue weighted by molar-refractivity contribution is 0.467. The zero-order valence-corrected chi connectivity index (χ0v) is 19.7. The Labute approximate surface area is 201 Å². The number of aromatic nitrogens is 3. The molecule has 1 aromatic heterocycles. The van der Waals surface area contributed by atoms with Crippen molar-refractivity contribution in [1.82, 2.24) is 14.3 Å². The molecule has 2 N–H and O–H groups in total. The summed E-state index contributed by atoms with van der Waals surface area (Å²) in [7, 11) is -3.59. The molecular weight excluding hydrogens is 471 g/mol. The number of hydrogen-bond acceptors (Lipinski definition) is 6. The van der Waals surface area contributed by atoms with Gasteiger partial charge in [-0.2, -0.15) is 5.10 Å².